The summed E-state index contributed by atoms with van der Waals surface area (Å²) in [5, 5.41) is 2.41. The highest BCUT2D eigenvalue weighted by atomic mass is 35.5. The number of hydrogen-bond acceptors (Lipinski definition) is 2. The molecule has 1 aliphatic heterocycles. The third kappa shape index (κ3) is 4.83. The molecule has 31 heavy (non-hydrogen) atoms. The van der Waals surface area contributed by atoms with E-state index in [2.05, 4.69) is 31.7 Å². The van der Waals surface area contributed by atoms with Gasteiger partial charge in [-0.15, -0.1) is 18.2 Å². The maximum atomic E-state index is 13.0. The van der Waals surface area contributed by atoms with Crippen LogP contribution in [0.2, 0.25) is 0 Å². The third-order valence-corrected chi connectivity index (χ3v) is 5.73. The fourth-order valence-corrected chi connectivity index (χ4v) is 4.18. The van der Waals surface area contributed by atoms with Gasteiger partial charge in [-0.25, -0.2) is 0 Å². The molecule has 1 aliphatic rings. The molecule has 0 spiro atoms. The van der Waals surface area contributed by atoms with Crippen molar-refractivity contribution in [1.82, 2.24) is 0 Å². The summed E-state index contributed by atoms with van der Waals surface area (Å²) >= 11 is 6.28. The quantitative estimate of drug-likeness (QED) is 0.259. The lowest BCUT2D eigenvalue weighted by Crippen LogP contribution is -2.28. The summed E-state index contributed by atoms with van der Waals surface area (Å²) in [5.74, 6) is 1.40. The first-order valence-electron chi connectivity index (χ1n) is 10.3. The van der Waals surface area contributed by atoms with Gasteiger partial charge in [0.25, 0.3) is 5.91 Å². The summed E-state index contributed by atoms with van der Waals surface area (Å²) in [7, 11) is 1.64. The number of fused-ring (bicyclic) bond motifs is 3. The molecule has 0 radical (unpaired) electrons. The van der Waals surface area contributed by atoms with Gasteiger partial charge in [0.1, 0.15) is 5.75 Å². The maximum absolute atomic E-state index is 13.0. The van der Waals surface area contributed by atoms with Gasteiger partial charge in [0.2, 0.25) is 0 Å². The molecule has 1 atom stereocenters. The third-order valence-electron chi connectivity index (χ3n) is 5.36. The van der Waals surface area contributed by atoms with E-state index >= 15 is 0 Å². The molecule has 1 amide bonds. The van der Waals surface area contributed by atoms with Crippen molar-refractivity contribution in [1.29, 1.82) is 0 Å². The highest BCUT2D eigenvalue weighted by molar-refractivity contribution is 6.19. The predicted molar refractivity (Wildman–Crippen MR) is 132 cm³/mol. The van der Waals surface area contributed by atoms with E-state index in [4.69, 9.17) is 16.3 Å². The largest absolute Gasteiger partial charge is 0.497 e. The second-order valence-electron chi connectivity index (χ2n) is 7.49. The number of carbonyl (C=O) groups excluding carboxylic acids is 1. The summed E-state index contributed by atoms with van der Waals surface area (Å²) in [6, 6.07) is 18.1. The first-order chi connectivity index (χ1) is 15.0. The number of methoxy groups -OCH3 is 1. The molecule has 3 nitrogen and oxygen atoms in total. The molecule has 1 heterocycles. The number of nitrogens with zero attached hydrogens (tertiary/aromatic N) is 1. The Hall–Kier alpha value is -3.04. The highest BCUT2D eigenvalue weighted by Crippen LogP contribution is 2.43. The van der Waals surface area contributed by atoms with Crippen molar-refractivity contribution in [3.63, 3.8) is 0 Å². The Morgan fingerprint density at radius 3 is 2.45 bits per heavy atom. The van der Waals surface area contributed by atoms with Crippen LogP contribution in [0.4, 0.5) is 5.69 Å². The minimum absolute atomic E-state index is 0.0284. The molecule has 0 aliphatic carbocycles. The zero-order chi connectivity index (χ0) is 22.4. The Morgan fingerprint density at radius 1 is 1.19 bits per heavy atom. The molecule has 0 aromatic heterocycles. The summed E-state index contributed by atoms with van der Waals surface area (Å²) in [6.45, 7) is 7.95. The standard InChI is InChI=1S/C24H22ClNO2.C3H6/c1-16-13-22-24(21-6-4-3-5-20(16)21)18(14-25)15-26(22)23(27)12-9-17-7-10-19(28-2)11-8-17;1-3-2/h3-13,18H,14-15H2,1-2H3;3H,1H2,2H3/b12-9+;. The smallest absolute Gasteiger partial charge is 0.251 e. The number of ether oxygens (including phenoxy) is 1. The molecule has 0 fully saturated rings. The van der Waals surface area contributed by atoms with Gasteiger partial charge < -0.3 is 9.64 Å². The summed E-state index contributed by atoms with van der Waals surface area (Å²) in [5.41, 5.74) is 4.28. The normalized spacial score (nSPS) is 14.8. The average molecular weight is 434 g/mol. The molecule has 4 rings (SSSR count). The number of allylic oxidation sites excluding steroid dienone is 1. The molecule has 0 bridgehead atoms. The van der Waals surface area contributed by atoms with E-state index in [9.17, 15) is 4.79 Å². The zero-order valence-electron chi connectivity index (χ0n) is 18.3. The second-order valence-corrected chi connectivity index (χ2v) is 7.80. The number of hydrogen-bond donors (Lipinski definition) is 0. The Balaban J connectivity index is 0.000000858. The second kappa shape index (κ2) is 10.3. The number of aryl methyl sites for hydroxylation is 1. The fourth-order valence-electron chi connectivity index (χ4n) is 3.93. The average Bonchev–Trinajstić information content (AvgIpc) is 3.17. The van der Waals surface area contributed by atoms with Crippen LogP contribution in [0.25, 0.3) is 16.8 Å². The zero-order valence-corrected chi connectivity index (χ0v) is 19.0. The van der Waals surface area contributed by atoms with Crippen molar-refractivity contribution in [3.05, 3.63) is 90.0 Å². The van der Waals surface area contributed by atoms with E-state index in [-0.39, 0.29) is 11.8 Å². The van der Waals surface area contributed by atoms with E-state index in [0.717, 1.165) is 17.0 Å². The van der Waals surface area contributed by atoms with Crippen LogP contribution in [0.3, 0.4) is 0 Å². The molecule has 0 N–H and O–H groups in total. The maximum Gasteiger partial charge on any atom is 0.251 e. The van der Waals surface area contributed by atoms with Crippen molar-refractivity contribution < 1.29 is 9.53 Å². The fraction of sp³-hybridized carbons (Fsp3) is 0.222. The number of amides is 1. The van der Waals surface area contributed by atoms with Gasteiger partial charge in [-0.1, -0.05) is 42.5 Å². The molecule has 1 unspecified atom stereocenters. The summed E-state index contributed by atoms with van der Waals surface area (Å²) in [4.78, 5) is 14.8. The predicted octanol–water partition coefficient (Wildman–Crippen LogP) is 6.73. The minimum Gasteiger partial charge on any atom is -0.497 e. The number of halogens is 1. The molecule has 3 aromatic carbocycles. The van der Waals surface area contributed by atoms with Crippen LogP contribution < -0.4 is 9.64 Å². The van der Waals surface area contributed by atoms with Crippen LogP contribution in [0.1, 0.15) is 29.5 Å². The van der Waals surface area contributed by atoms with Crippen LogP contribution in [0.15, 0.2) is 73.3 Å². The number of anilines is 1. The molecular formula is C27H28ClNO2. The molecule has 0 saturated heterocycles. The van der Waals surface area contributed by atoms with Gasteiger partial charge in [0.05, 0.1) is 7.11 Å². The Bertz CT molecular complexity index is 1100. The van der Waals surface area contributed by atoms with Crippen molar-refractivity contribution in [2.24, 2.45) is 0 Å². The van der Waals surface area contributed by atoms with Crippen LogP contribution in [0.5, 0.6) is 5.75 Å². The van der Waals surface area contributed by atoms with Crippen LogP contribution in [0, 0.1) is 6.92 Å². The Morgan fingerprint density at radius 2 is 1.84 bits per heavy atom. The van der Waals surface area contributed by atoms with E-state index in [0.29, 0.717) is 12.4 Å². The van der Waals surface area contributed by atoms with E-state index in [1.165, 1.54) is 21.9 Å². The first-order valence-corrected chi connectivity index (χ1v) is 10.9. The topological polar surface area (TPSA) is 29.5 Å². The van der Waals surface area contributed by atoms with Gasteiger partial charge in [-0.05, 0) is 65.6 Å². The molecule has 160 valence electrons. The highest BCUT2D eigenvalue weighted by Gasteiger charge is 2.33. The Kier molecular flexibility index (Phi) is 7.54. The molecule has 0 saturated carbocycles. The molecular weight excluding hydrogens is 406 g/mol. The lowest BCUT2D eigenvalue weighted by Gasteiger charge is -2.17. The Labute approximate surface area is 189 Å². The first kappa shape index (κ1) is 22.6. The van der Waals surface area contributed by atoms with Crippen molar-refractivity contribution in [3.8, 4) is 5.75 Å². The van der Waals surface area contributed by atoms with Crippen molar-refractivity contribution in [2.45, 2.75) is 19.8 Å². The van der Waals surface area contributed by atoms with Crippen molar-refractivity contribution >= 4 is 40.0 Å². The van der Waals surface area contributed by atoms with E-state index in [1.807, 2.05) is 54.3 Å². The van der Waals surface area contributed by atoms with Crippen LogP contribution in [-0.4, -0.2) is 25.4 Å². The monoisotopic (exact) mass is 433 g/mol. The van der Waals surface area contributed by atoms with Gasteiger partial charge in [-0.2, -0.15) is 0 Å². The van der Waals surface area contributed by atoms with Crippen LogP contribution in [-0.2, 0) is 4.79 Å². The molecule has 4 heteroatoms. The minimum atomic E-state index is -0.0284. The van der Waals surface area contributed by atoms with Gasteiger partial charge in [-0.3, -0.25) is 4.79 Å². The van der Waals surface area contributed by atoms with Crippen molar-refractivity contribution in [2.75, 3.05) is 24.4 Å². The summed E-state index contributed by atoms with van der Waals surface area (Å²) < 4.78 is 5.17. The van der Waals surface area contributed by atoms with Crippen LogP contribution >= 0.6 is 11.6 Å². The SMILES string of the molecule is C=CC.COc1ccc(/C=C/C(=O)N2CC(CCl)c3c2cc(C)c2ccccc32)cc1. The summed E-state index contributed by atoms with van der Waals surface area (Å²) in [6.07, 6.45) is 5.22. The number of benzene rings is 3. The molecule has 3 aromatic rings. The van der Waals surface area contributed by atoms with E-state index in [1.54, 1.807) is 19.3 Å². The van der Waals surface area contributed by atoms with Gasteiger partial charge in [0, 0.05) is 30.1 Å². The number of carbonyl (C=O) groups is 1. The number of rotatable bonds is 4. The van der Waals surface area contributed by atoms with Gasteiger partial charge >= 0.3 is 0 Å². The van der Waals surface area contributed by atoms with Gasteiger partial charge in [0.15, 0.2) is 0 Å². The van der Waals surface area contributed by atoms with E-state index < -0.39 is 0 Å². The number of alkyl halides is 1. The lowest BCUT2D eigenvalue weighted by atomic mass is 9.93. The lowest BCUT2D eigenvalue weighted by molar-refractivity contribution is -0.114.